The molecular formula is C21H18N2O3. The highest BCUT2D eigenvalue weighted by Gasteiger charge is 2.22. The maximum Gasteiger partial charge on any atom is 0.414 e. The van der Waals surface area contributed by atoms with Crippen LogP contribution in [0.5, 0.6) is 0 Å². The van der Waals surface area contributed by atoms with Crippen LogP contribution < -0.4 is 10.2 Å². The van der Waals surface area contributed by atoms with E-state index in [1.807, 2.05) is 54.6 Å². The second-order valence-corrected chi connectivity index (χ2v) is 5.58. The van der Waals surface area contributed by atoms with Crippen LogP contribution in [-0.2, 0) is 9.53 Å². The Labute approximate surface area is 152 Å². The summed E-state index contributed by atoms with van der Waals surface area (Å²) < 4.78 is 4.91. The van der Waals surface area contributed by atoms with E-state index in [4.69, 9.17) is 4.74 Å². The summed E-state index contributed by atoms with van der Waals surface area (Å²) in [5.74, 6) is 5.70. The van der Waals surface area contributed by atoms with Crippen molar-refractivity contribution in [2.24, 2.45) is 0 Å². The van der Waals surface area contributed by atoms with Gasteiger partial charge in [0, 0.05) is 17.3 Å². The van der Waals surface area contributed by atoms with Gasteiger partial charge in [0.25, 0.3) is 0 Å². The van der Waals surface area contributed by atoms with E-state index >= 15 is 0 Å². The Morgan fingerprint density at radius 3 is 2.62 bits per heavy atom. The lowest BCUT2D eigenvalue weighted by Crippen LogP contribution is -2.23. The zero-order valence-electron chi connectivity index (χ0n) is 14.1. The van der Waals surface area contributed by atoms with Crippen LogP contribution in [0, 0.1) is 11.8 Å². The van der Waals surface area contributed by atoms with Gasteiger partial charge in [-0.3, -0.25) is 9.69 Å². The minimum absolute atomic E-state index is 0.189. The Hall–Kier alpha value is -3.52. The van der Waals surface area contributed by atoms with Crippen LogP contribution in [0.4, 0.5) is 10.5 Å². The first kappa shape index (κ1) is 17.3. The lowest BCUT2D eigenvalue weighted by molar-refractivity contribution is -0.116. The van der Waals surface area contributed by atoms with Crippen LogP contribution in [0.15, 0.2) is 60.7 Å². The fraction of sp³-hybridized carbons (Fsp3) is 0.143. The largest absolute Gasteiger partial charge is 0.447 e. The lowest BCUT2D eigenvalue weighted by Gasteiger charge is -2.11. The molecule has 1 aliphatic heterocycles. The van der Waals surface area contributed by atoms with Crippen LogP contribution in [0.2, 0.25) is 0 Å². The summed E-state index contributed by atoms with van der Waals surface area (Å²) in [5.41, 5.74) is 2.57. The van der Waals surface area contributed by atoms with Crippen molar-refractivity contribution in [2.75, 3.05) is 24.6 Å². The van der Waals surface area contributed by atoms with Gasteiger partial charge in [-0.2, -0.15) is 0 Å². The molecule has 0 radical (unpaired) electrons. The second-order valence-electron chi connectivity index (χ2n) is 5.58. The third kappa shape index (κ3) is 4.74. The highest BCUT2D eigenvalue weighted by molar-refractivity contribution is 5.91. The van der Waals surface area contributed by atoms with Crippen LogP contribution in [0.25, 0.3) is 6.08 Å². The highest BCUT2D eigenvalue weighted by atomic mass is 16.6. The minimum atomic E-state index is -0.324. The number of nitrogens with one attached hydrogen (secondary N) is 1. The number of hydrogen-bond donors (Lipinski definition) is 1. The van der Waals surface area contributed by atoms with Gasteiger partial charge in [-0.1, -0.05) is 42.2 Å². The van der Waals surface area contributed by atoms with Crippen molar-refractivity contribution in [1.29, 1.82) is 0 Å². The van der Waals surface area contributed by atoms with E-state index in [0.29, 0.717) is 13.2 Å². The molecule has 0 atom stereocenters. The molecule has 1 N–H and O–H groups in total. The molecule has 1 heterocycles. The number of anilines is 1. The Balaban J connectivity index is 1.48. The minimum Gasteiger partial charge on any atom is -0.447 e. The summed E-state index contributed by atoms with van der Waals surface area (Å²) in [4.78, 5) is 24.8. The molecule has 0 saturated carbocycles. The third-order valence-electron chi connectivity index (χ3n) is 3.75. The van der Waals surface area contributed by atoms with E-state index in [1.165, 1.54) is 6.08 Å². The zero-order chi connectivity index (χ0) is 18.2. The summed E-state index contributed by atoms with van der Waals surface area (Å²) in [6, 6.07) is 17.0. The quantitative estimate of drug-likeness (QED) is 0.684. The first-order chi connectivity index (χ1) is 12.7. The average molecular weight is 346 g/mol. The Morgan fingerprint density at radius 1 is 1.15 bits per heavy atom. The number of cyclic esters (lactones) is 1. The van der Waals surface area contributed by atoms with E-state index < -0.39 is 0 Å². The van der Waals surface area contributed by atoms with Gasteiger partial charge in [0.1, 0.15) is 6.61 Å². The number of hydrogen-bond acceptors (Lipinski definition) is 3. The van der Waals surface area contributed by atoms with Gasteiger partial charge in [0.2, 0.25) is 5.91 Å². The van der Waals surface area contributed by atoms with Crippen molar-refractivity contribution in [3.63, 3.8) is 0 Å². The Bertz CT molecular complexity index is 862. The number of benzene rings is 2. The first-order valence-corrected chi connectivity index (χ1v) is 8.26. The number of carbonyl (C=O) groups is 2. The molecule has 5 heteroatoms. The Kier molecular flexibility index (Phi) is 5.69. The number of ether oxygens (including phenoxy) is 1. The number of nitrogens with zero attached hydrogens (tertiary/aromatic N) is 1. The predicted octanol–water partition coefficient (Wildman–Crippen LogP) is 2.82. The van der Waals surface area contributed by atoms with E-state index in [0.717, 1.165) is 16.8 Å². The normalized spacial score (nSPS) is 13.2. The smallest absolute Gasteiger partial charge is 0.414 e. The molecule has 2 aromatic carbocycles. The van der Waals surface area contributed by atoms with E-state index in [9.17, 15) is 9.59 Å². The molecule has 130 valence electrons. The number of carbonyl (C=O) groups excluding carboxylic acids is 2. The standard InChI is InChI=1S/C21H18N2O3/c24-20(13-10-17-5-2-1-3-6-17)22-14-4-7-18-8-11-19(12-9-18)23-15-16-26-21(23)25/h1-3,5-6,8-13H,14-16H2,(H,22,24)/b13-10+. The van der Waals surface area contributed by atoms with E-state index in [1.54, 1.807) is 11.0 Å². The molecule has 2 amide bonds. The summed E-state index contributed by atoms with van der Waals surface area (Å²) in [7, 11) is 0. The third-order valence-corrected chi connectivity index (χ3v) is 3.75. The van der Waals surface area contributed by atoms with Crippen LogP contribution in [-0.4, -0.2) is 31.7 Å². The fourth-order valence-corrected chi connectivity index (χ4v) is 2.43. The molecule has 26 heavy (non-hydrogen) atoms. The SMILES string of the molecule is O=C(/C=C/c1ccccc1)NCC#Cc1ccc(N2CCOC2=O)cc1. The van der Waals surface area contributed by atoms with Crippen molar-refractivity contribution >= 4 is 23.8 Å². The maximum atomic E-state index is 11.7. The summed E-state index contributed by atoms with van der Waals surface area (Å²) in [6.07, 6.45) is 2.92. The summed E-state index contributed by atoms with van der Waals surface area (Å²) in [5, 5.41) is 2.72. The van der Waals surface area contributed by atoms with Crippen molar-refractivity contribution in [1.82, 2.24) is 5.32 Å². The molecule has 1 aliphatic rings. The second kappa shape index (κ2) is 8.54. The molecular weight excluding hydrogens is 328 g/mol. The predicted molar refractivity (Wildman–Crippen MR) is 100 cm³/mol. The van der Waals surface area contributed by atoms with Crippen molar-refractivity contribution in [3.8, 4) is 11.8 Å². The van der Waals surface area contributed by atoms with Gasteiger partial charge >= 0.3 is 6.09 Å². The molecule has 0 aromatic heterocycles. The van der Waals surface area contributed by atoms with Gasteiger partial charge in [-0.15, -0.1) is 0 Å². The summed E-state index contributed by atoms with van der Waals surface area (Å²) in [6.45, 7) is 1.24. The molecule has 0 unspecified atom stereocenters. The molecule has 3 rings (SSSR count). The van der Waals surface area contributed by atoms with Crippen molar-refractivity contribution in [3.05, 3.63) is 71.8 Å². The monoisotopic (exact) mass is 346 g/mol. The number of rotatable bonds is 4. The topological polar surface area (TPSA) is 58.6 Å². The van der Waals surface area contributed by atoms with Gasteiger partial charge < -0.3 is 10.1 Å². The van der Waals surface area contributed by atoms with Crippen molar-refractivity contribution in [2.45, 2.75) is 0 Å². The van der Waals surface area contributed by atoms with Gasteiger partial charge in [0.15, 0.2) is 0 Å². The molecule has 0 spiro atoms. The Morgan fingerprint density at radius 2 is 1.92 bits per heavy atom. The maximum absolute atomic E-state index is 11.7. The molecule has 1 saturated heterocycles. The van der Waals surface area contributed by atoms with Crippen LogP contribution in [0.1, 0.15) is 11.1 Å². The van der Waals surface area contributed by atoms with Crippen molar-refractivity contribution < 1.29 is 14.3 Å². The van der Waals surface area contributed by atoms with Gasteiger partial charge in [0.05, 0.1) is 13.1 Å². The molecule has 2 aromatic rings. The number of amides is 2. The average Bonchev–Trinajstić information content (AvgIpc) is 3.11. The molecule has 5 nitrogen and oxygen atoms in total. The molecule has 1 fully saturated rings. The van der Waals surface area contributed by atoms with Crippen LogP contribution in [0.3, 0.4) is 0 Å². The van der Waals surface area contributed by atoms with E-state index in [-0.39, 0.29) is 18.5 Å². The highest BCUT2D eigenvalue weighted by Crippen LogP contribution is 2.18. The molecule has 0 aliphatic carbocycles. The molecule has 0 bridgehead atoms. The van der Waals surface area contributed by atoms with Gasteiger partial charge in [-0.05, 0) is 35.9 Å². The fourth-order valence-electron chi connectivity index (χ4n) is 2.43. The zero-order valence-corrected chi connectivity index (χ0v) is 14.1. The summed E-state index contributed by atoms with van der Waals surface area (Å²) >= 11 is 0. The lowest BCUT2D eigenvalue weighted by atomic mass is 10.2. The van der Waals surface area contributed by atoms with Crippen LogP contribution >= 0.6 is 0 Å². The first-order valence-electron chi connectivity index (χ1n) is 8.26. The van der Waals surface area contributed by atoms with E-state index in [2.05, 4.69) is 17.2 Å². The van der Waals surface area contributed by atoms with Gasteiger partial charge in [-0.25, -0.2) is 4.79 Å².